The fourth-order valence-electron chi connectivity index (χ4n) is 5.14. The molecule has 5 rings (SSSR count). The second kappa shape index (κ2) is 8.64. The van der Waals surface area contributed by atoms with Crippen LogP contribution in [0.3, 0.4) is 0 Å². The van der Waals surface area contributed by atoms with Gasteiger partial charge < -0.3 is 14.8 Å². The maximum atomic E-state index is 13.4. The quantitative estimate of drug-likeness (QED) is 0.657. The van der Waals surface area contributed by atoms with E-state index in [2.05, 4.69) is 11.4 Å². The molecule has 2 amide bonds. The lowest BCUT2D eigenvalue weighted by atomic mass is 9.82. The zero-order chi connectivity index (χ0) is 23.8. The number of hydrogen-bond acceptors (Lipinski definition) is 4. The van der Waals surface area contributed by atoms with Crippen molar-refractivity contribution in [1.29, 1.82) is 5.26 Å². The molecule has 3 aromatic rings. The lowest BCUT2D eigenvalue weighted by Crippen LogP contribution is -2.49. The Morgan fingerprint density at radius 3 is 2.38 bits per heavy atom. The average Bonchev–Trinajstić information content (AvgIpc) is 2.84. The van der Waals surface area contributed by atoms with Gasteiger partial charge in [0.1, 0.15) is 0 Å². The lowest BCUT2D eigenvalue weighted by molar-refractivity contribution is -0.114. The van der Waals surface area contributed by atoms with Crippen molar-refractivity contribution in [3.8, 4) is 17.2 Å². The Morgan fingerprint density at radius 1 is 0.971 bits per heavy atom. The molecule has 7 heteroatoms. The Labute approximate surface area is 197 Å². The Morgan fingerprint density at radius 2 is 1.71 bits per heavy atom. The van der Waals surface area contributed by atoms with Gasteiger partial charge in [0.05, 0.1) is 11.6 Å². The highest BCUT2D eigenvalue weighted by Gasteiger charge is 2.37. The summed E-state index contributed by atoms with van der Waals surface area (Å²) in [5.41, 5.74) is 4.18. The molecule has 0 saturated carbocycles. The van der Waals surface area contributed by atoms with Gasteiger partial charge in [-0.3, -0.25) is 14.4 Å². The summed E-state index contributed by atoms with van der Waals surface area (Å²) >= 11 is 0. The van der Waals surface area contributed by atoms with E-state index < -0.39 is 0 Å². The van der Waals surface area contributed by atoms with Gasteiger partial charge in [-0.05, 0) is 66.4 Å². The fourth-order valence-corrected chi connectivity index (χ4v) is 5.14. The number of anilines is 1. The first-order chi connectivity index (χ1) is 16.4. The number of pyridine rings is 1. The summed E-state index contributed by atoms with van der Waals surface area (Å²) in [5.74, 6) is 0.146. The minimum absolute atomic E-state index is 0.0219. The van der Waals surface area contributed by atoms with Gasteiger partial charge in [0.15, 0.2) is 0 Å². The van der Waals surface area contributed by atoms with Gasteiger partial charge in [-0.15, -0.1) is 0 Å². The number of benzene rings is 2. The first-order valence-electron chi connectivity index (χ1n) is 11.3. The van der Waals surface area contributed by atoms with Crippen LogP contribution in [0.15, 0.2) is 65.5 Å². The zero-order valence-corrected chi connectivity index (χ0v) is 18.8. The molecular weight excluding hydrogens is 428 g/mol. The van der Waals surface area contributed by atoms with E-state index in [9.17, 15) is 14.4 Å². The van der Waals surface area contributed by atoms with Crippen LogP contribution >= 0.6 is 0 Å². The van der Waals surface area contributed by atoms with E-state index in [1.54, 1.807) is 36.4 Å². The van der Waals surface area contributed by atoms with E-state index in [1.165, 1.54) is 6.92 Å². The molecule has 1 aromatic heterocycles. The third-order valence-electron chi connectivity index (χ3n) is 6.67. The highest BCUT2D eigenvalue weighted by Crippen LogP contribution is 2.36. The van der Waals surface area contributed by atoms with Crippen LogP contribution in [0.4, 0.5) is 5.69 Å². The molecule has 2 atom stereocenters. The lowest BCUT2D eigenvalue weighted by Gasteiger charge is -2.43. The number of carbonyl (C=O) groups excluding carboxylic acids is 2. The first kappa shape index (κ1) is 21.7. The molecule has 2 unspecified atom stereocenters. The number of piperidine rings is 1. The standard InChI is InChI=1S/C27H24N4O3/c1-17(32)29-23-8-6-20(7-9-23)24-10-11-25-22-12-19(15-31(25)27(24)34)14-30(16-22)26(33)21-4-2-18(13-28)3-5-21/h2-11,19,22H,12,14-16H2,1H3,(H,29,32). The van der Waals surface area contributed by atoms with E-state index in [-0.39, 0.29) is 29.2 Å². The van der Waals surface area contributed by atoms with E-state index >= 15 is 0 Å². The third-order valence-corrected chi connectivity index (χ3v) is 6.67. The second-order valence-electron chi connectivity index (χ2n) is 9.04. The van der Waals surface area contributed by atoms with E-state index in [0.29, 0.717) is 42.0 Å². The number of aromatic nitrogens is 1. The highest BCUT2D eigenvalue weighted by molar-refractivity contribution is 5.94. The maximum Gasteiger partial charge on any atom is 0.258 e. The van der Waals surface area contributed by atoms with Crippen molar-refractivity contribution in [3.05, 3.63) is 87.8 Å². The first-order valence-corrected chi connectivity index (χ1v) is 11.3. The predicted molar refractivity (Wildman–Crippen MR) is 128 cm³/mol. The molecule has 2 bridgehead atoms. The summed E-state index contributed by atoms with van der Waals surface area (Å²) in [7, 11) is 0. The fraction of sp³-hybridized carbons (Fsp3) is 0.259. The maximum absolute atomic E-state index is 13.4. The van der Waals surface area contributed by atoms with Gasteiger partial charge in [0.2, 0.25) is 5.91 Å². The molecule has 7 nitrogen and oxygen atoms in total. The highest BCUT2D eigenvalue weighted by atomic mass is 16.2. The van der Waals surface area contributed by atoms with Crippen LogP contribution in [0.1, 0.15) is 40.9 Å². The van der Waals surface area contributed by atoms with Gasteiger partial charge in [0, 0.05) is 55.0 Å². The Hall–Kier alpha value is -4.18. The summed E-state index contributed by atoms with van der Waals surface area (Å²) in [6.45, 7) is 3.22. The summed E-state index contributed by atoms with van der Waals surface area (Å²) in [6.07, 6.45) is 0.960. The number of hydrogen-bond donors (Lipinski definition) is 1. The van der Waals surface area contributed by atoms with E-state index in [4.69, 9.17) is 5.26 Å². The van der Waals surface area contributed by atoms with Crippen LogP contribution in [-0.4, -0.2) is 34.4 Å². The molecule has 0 radical (unpaired) electrons. The van der Waals surface area contributed by atoms with Crippen molar-refractivity contribution in [2.45, 2.75) is 25.8 Å². The molecule has 2 aliphatic heterocycles. The minimum Gasteiger partial charge on any atom is -0.338 e. The summed E-state index contributed by atoms with van der Waals surface area (Å²) in [4.78, 5) is 39.6. The van der Waals surface area contributed by atoms with Crippen LogP contribution in [0, 0.1) is 17.2 Å². The zero-order valence-electron chi connectivity index (χ0n) is 18.8. The van der Waals surface area contributed by atoms with Crippen LogP contribution in [0.2, 0.25) is 0 Å². The summed E-state index contributed by atoms with van der Waals surface area (Å²) < 4.78 is 1.87. The van der Waals surface area contributed by atoms with Crippen molar-refractivity contribution >= 4 is 17.5 Å². The number of nitrogens with one attached hydrogen (secondary N) is 1. The van der Waals surface area contributed by atoms with Crippen LogP contribution in [-0.2, 0) is 11.3 Å². The Balaban J connectivity index is 1.39. The van der Waals surface area contributed by atoms with Gasteiger partial charge in [0.25, 0.3) is 11.5 Å². The molecule has 3 heterocycles. The monoisotopic (exact) mass is 452 g/mol. The largest absolute Gasteiger partial charge is 0.338 e. The topological polar surface area (TPSA) is 95.2 Å². The van der Waals surface area contributed by atoms with Gasteiger partial charge in [-0.25, -0.2) is 0 Å². The Kier molecular flexibility index (Phi) is 5.50. The van der Waals surface area contributed by atoms with Crippen molar-refractivity contribution in [2.24, 2.45) is 5.92 Å². The number of nitriles is 1. The third kappa shape index (κ3) is 3.99. The molecular formula is C27H24N4O3. The van der Waals surface area contributed by atoms with Gasteiger partial charge in [-0.1, -0.05) is 12.1 Å². The number of amides is 2. The van der Waals surface area contributed by atoms with Crippen molar-refractivity contribution in [3.63, 3.8) is 0 Å². The number of rotatable bonds is 3. The molecule has 1 fully saturated rings. The number of likely N-dealkylation sites (tertiary alicyclic amines) is 1. The van der Waals surface area contributed by atoms with Crippen molar-refractivity contribution in [2.75, 3.05) is 18.4 Å². The van der Waals surface area contributed by atoms with E-state index in [0.717, 1.165) is 17.7 Å². The van der Waals surface area contributed by atoms with Crippen molar-refractivity contribution < 1.29 is 9.59 Å². The molecule has 170 valence electrons. The van der Waals surface area contributed by atoms with E-state index in [1.807, 2.05) is 33.7 Å². The minimum atomic E-state index is -0.139. The van der Waals surface area contributed by atoms with Gasteiger partial charge >= 0.3 is 0 Å². The summed E-state index contributed by atoms with van der Waals surface area (Å²) in [5, 5.41) is 11.7. The number of nitrogens with zero attached hydrogens (tertiary/aromatic N) is 3. The summed E-state index contributed by atoms with van der Waals surface area (Å²) in [6, 6.07) is 20.0. The molecule has 0 aliphatic carbocycles. The van der Waals surface area contributed by atoms with Gasteiger partial charge in [-0.2, -0.15) is 5.26 Å². The smallest absolute Gasteiger partial charge is 0.258 e. The van der Waals surface area contributed by atoms with Crippen LogP contribution < -0.4 is 10.9 Å². The van der Waals surface area contributed by atoms with Crippen LogP contribution in [0.25, 0.3) is 11.1 Å². The molecule has 2 aliphatic rings. The molecule has 1 saturated heterocycles. The molecule has 2 aromatic carbocycles. The predicted octanol–water partition coefficient (Wildman–Crippen LogP) is 3.60. The number of carbonyl (C=O) groups is 2. The molecule has 1 N–H and O–H groups in total. The Bertz CT molecular complexity index is 1370. The molecule has 34 heavy (non-hydrogen) atoms. The average molecular weight is 453 g/mol. The molecule has 0 spiro atoms. The number of fused-ring (bicyclic) bond motifs is 4. The van der Waals surface area contributed by atoms with Crippen molar-refractivity contribution in [1.82, 2.24) is 9.47 Å². The van der Waals surface area contributed by atoms with Crippen LogP contribution in [0.5, 0.6) is 0 Å². The second-order valence-corrected chi connectivity index (χ2v) is 9.04. The SMILES string of the molecule is CC(=O)Nc1ccc(-c2ccc3n(c2=O)CC2CC3CN(C(=O)c3ccc(C#N)cc3)C2)cc1. The normalized spacial score (nSPS) is 18.5.